The molecule has 0 radical (unpaired) electrons. The van der Waals surface area contributed by atoms with E-state index < -0.39 is 0 Å². The molecule has 1 aliphatic rings. The molecule has 1 heteroatoms. The number of nitrogens with two attached hydrogens (primary N) is 1. The quantitative estimate of drug-likeness (QED) is 0.626. The Bertz CT molecular complexity index is 80.7. The molecule has 1 unspecified atom stereocenters. The van der Waals surface area contributed by atoms with E-state index in [4.69, 9.17) is 5.73 Å². The Labute approximate surface area is 64.0 Å². The molecule has 1 nitrogen and oxygen atoms in total. The third kappa shape index (κ3) is 1.98. The van der Waals surface area contributed by atoms with Crippen LogP contribution in [0.5, 0.6) is 0 Å². The van der Waals surface area contributed by atoms with Gasteiger partial charge in [-0.15, -0.1) is 0 Å². The summed E-state index contributed by atoms with van der Waals surface area (Å²) < 4.78 is 0. The molecule has 1 aliphatic carbocycles. The summed E-state index contributed by atoms with van der Waals surface area (Å²) in [5.41, 5.74) is 5.62. The molecule has 10 heavy (non-hydrogen) atoms. The van der Waals surface area contributed by atoms with Crippen LogP contribution in [0, 0.1) is 11.8 Å². The minimum absolute atomic E-state index is 0.846. The van der Waals surface area contributed by atoms with E-state index in [-0.39, 0.29) is 0 Å². The van der Waals surface area contributed by atoms with E-state index >= 15 is 0 Å². The summed E-state index contributed by atoms with van der Waals surface area (Å²) in [6.07, 6.45) is 7.00. The molecule has 60 valence electrons. The summed E-state index contributed by atoms with van der Waals surface area (Å²) in [7, 11) is 0. The van der Waals surface area contributed by atoms with Crippen molar-refractivity contribution >= 4 is 0 Å². The lowest BCUT2D eigenvalue weighted by atomic mass is 9.80. The van der Waals surface area contributed by atoms with Gasteiger partial charge < -0.3 is 5.73 Å². The average Bonchev–Trinajstić information content (AvgIpc) is 2.05. The zero-order chi connectivity index (χ0) is 7.40. The first-order valence-electron chi connectivity index (χ1n) is 4.56. The van der Waals surface area contributed by atoms with E-state index in [9.17, 15) is 0 Å². The van der Waals surface area contributed by atoms with Gasteiger partial charge in [-0.1, -0.05) is 26.2 Å². The summed E-state index contributed by atoms with van der Waals surface area (Å²) in [5, 5.41) is 0. The van der Waals surface area contributed by atoms with Crippen LogP contribution in [0.4, 0.5) is 0 Å². The Balaban J connectivity index is 2.25. The smallest absolute Gasteiger partial charge is 0.00488 e. The minimum Gasteiger partial charge on any atom is -0.330 e. The van der Waals surface area contributed by atoms with E-state index in [1.54, 1.807) is 0 Å². The second kappa shape index (κ2) is 3.97. The van der Waals surface area contributed by atoms with Crippen molar-refractivity contribution in [1.82, 2.24) is 0 Å². The standard InChI is InChI=1S/C9H19N/c1-2-8-4-3-5-9(6-8)7-10/h8-9H,2-7,10H2,1H3/t8?,9-/m0/s1. The number of rotatable bonds is 2. The maximum atomic E-state index is 5.62. The van der Waals surface area contributed by atoms with Crippen molar-refractivity contribution < 1.29 is 0 Å². The SMILES string of the molecule is CCC1CCC[C@H](CN)C1. The molecule has 1 rings (SSSR count). The summed E-state index contributed by atoms with van der Waals surface area (Å²) in [4.78, 5) is 0. The fourth-order valence-corrected chi connectivity index (χ4v) is 1.99. The topological polar surface area (TPSA) is 26.0 Å². The third-order valence-electron chi connectivity index (χ3n) is 2.80. The van der Waals surface area contributed by atoms with Crippen molar-refractivity contribution in [3.05, 3.63) is 0 Å². The second-order valence-corrected chi connectivity index (χ2v) is 3.54. The van der Waals surface area contributed by atoms with Crippen molar-refractivity contribution in [2.24, 2.45) is 17.6 Å². The number of hydrogen-bond acceptors (Lipinski definition) is 1. The van der Waals surface area contributed by atoms with Crippen molar-refractivity contribution in [1.29, 1.82) is 0 Å². The molecule has 1 fully saturated rings. The van der Waals surface area contributed by atoms with Gasteiger partial charge in [0, 0.05) is 0 Å². The fraction of sp³-hybridized carbons (Fsp3) is 1.00. The lowest BCUT2D eigenvalue weighted by Crippen LogP contribution is -2.22. The Kier molecular flexibility index (Phi) is 3.20. The van der Waals surface area contributed by atoms with Crippen LogP contribution in [-0.4, -0.2) is 6.54 Å². The van der Waals surface area contributed by atoms with Gasteiger partial charge in [0.15, 0.2) is 0 Å². The molecule has 0 heterocycles. The second-order valence-electron chi connectivity index (χ2n) is 3.54. The largest absolute Gasteiger partial charge is 0.330 e. The summed E-state index contributed by atoms with van der Waals surface area (Å²) in [6.45, 7) is 3.21. The first kappa shape index (κ1) is 8.06. The predicted molar refractivity (Wildman–Crippen MR) is 44.8 cm³/mol. The zero-order valence-corrected chi connectivity index (χ0v) is 6.97. The summed E-state index contributed by atoms with van der Waals surface area (Å²) >= 11 is 0. The van der Waals surface area contributed by atoms with Crippen LogP contribution < -0.4 is 5.73 Å². The van der Waals surface area contributed by atoms with E-state index in [2.05, 4.69) is 6.92 Å². The van der Waals surface area contributed by atoms with Gasteiger partial charge in [0.25, 0.3) is 0 Å². The lowest BCUT2D eigenvalue weighted by Gasteiger charge is -2.27. The highest BCUT2D eigenvalue weighted by Crippen LogP contribution is 2.29. The normalized spacial score (nSPS) is 34.2. The predicted octanol–water partition coefficient (Wildman–Crippen LogP) is 2.16. The van der Waals surface area contributed by atoms with E-state index in [1.807, 2.05) is 0 Å². The van der Waals surface area contributed by atoms with E-state index in [0.29, 0.717) is 0 Å². The highest BCUT2D eigenvalue weighted by Gasteiger charge is 2.18. The Morgan fingerprint density at radius 2 is 2.00 bits per heavy atom. The average molecular weight is 141 g/mol. The first-order chi connectivity index (χ1) is 4.86. The molecule has 0 aromatic heterocycles. The molecular weight excluding hydrogens is 122 g/mol. The van der Waals surface area contributed by atoms with Gasteiger partial charge in [-0.05, 0) is 31.2 Å². The van der Waals surface area contributed by atoms with Crippen LogP contribution >= 0.6 is 0 Å². The van der Waals surface area contributed by atoms with Gasteiger partial charge in [0.2, 0.25) is 0 Å². The van der Waals surface area contributed by atoms with Gasteiger partial charge in [-0.3, -0.25) is 0 Å². The fourth-order valence-electron chi connectivity index (χ4n) is 1.99. The third-order valence-corrected chi connectivity index (χ3v) is 2.80. The summed E-state index contributed by atoms with van der Waals surface area (Å²) in [6, 6.07) is 0. The monoisotopic (exact) mass is 141 g/mol. The highest BCUT2D eigenvalue weighted by molar-refractivity contribution is 4.72. The molecule has 0 saturated heterocycles. The molecule has 0 amide bonds. The molecular formula is C9H19N. The Morgan fingerprint density at radius 1 is 1.30 bits per heavy atom. The van der Waals surface area contributed by atoms with Crippen LogP contribution in [0.3, 0.4) is 0 Å². The first-order valence-corrected chi connectivity index (χ1v) is 4.56. The maximum Gasteiger partial charge on any atom is -0.00488 e. The highest BCUT2D eigenvalue weighted by atomic mass is 14.5. The Morgan fingerprint density at radius 3 is 2.60 bits per heavy atom. The van der Waals surface area contributed by atoms with E-state index in [0.717, 1.165) is 18.4 Å². The van der Waals surface area contributed by atoms with Crippen LogP contribution in [0.25, 0.3) is 0 Å². The Hall–Kier alpha value is -0.0400. The van der Waals surface area contributed by atoms with Crippen LogP contribution in [0.2, 0.25) is 0 Å². The minimum atomic E-state index is 0.846. The maximum absolute atomic E-state index is 5.62. The lowest BCUT2D eigenvalue weighted by molar-refractivity contribution is 0.266. The molecule has 2 atom stereocenters. The van der Waals surface area contributed by atoms with Crippen LogP contribution in [-0.2, 0) is 0 Å². The molecule has 1 saturated carbocycles. The molecule has 0 aromatic rings. The van der Waals surface area contributed by atoms with Crippen molar-refractivity contribution in [3.8, 4) is 0 Å². The molecule has 2 N–H and O–H groups in total. The van der Waals surface area contributed by atoms with Gasteiger partial charge >= 0.3 is 0 Å². The molecule has 0 spiro atoms. The molecule has 0 aromatic carbocycles. The van der Waals surface area contributed by atoms with Crippen molar-refractivity contribution in [2.75, 3.05) is 6.54 Å². The zero-order valence-electron chi connectivity index (χ0n) is 6.97. The van der Waals surface area contributed by atoms with Gasteiger partial charge in [-0.25, -0.2) is 0 Å². The van der Waals surface area contributed by atoms with Crippen LogP contribution in [0.15, 0.2) is 0 Å². The van der Waals surface area contributed by atoms with Gasteiger partial charge in [0.1, 0.15) is 0 Å². The summed E-state index contributed by atoms with van der Waals surface area (Å²) in [5.74, 6) is 1.83. The van der Waals surface area contributed by atoms with Crippen molar-refractivity contribution in [2.45, 2.75) is 39.0 Å². The molecule has 0 aliphatic heterocycles. The van der Waals surface area contributed by atoms with E-state index in [1.165, 1.54) is 32.1 Å². The number of hydrogen-bond donors (Lipinski definition) is 1. The van der Waals surface area contributed by atoms with Gasteiger partial charge in [0.05, 0.1) is 0 Å². The molecule has 0 bridgehead atoms. The van der Waals surface area contributed by atoms with Crippen LogP contribution in [0.1, 0.15) is 39.0 Å². The van der Waals surface area contributed by atoms with Gasteiger partial charge in [-0.2, -0.15) is 0 Å². The van der Waals surface area contributed by atoms with Crippen molar-refractivity contribution in [3.63, 3.8) is 0 Å².